The highest BCUT2D eigenvalue weighted by atomic mass is 19.3. The van der Waals surface area contributed by atoms with Crippen molar-refractivity contribution in [2.75, 3.05) is 13.2 Å². The summed E-state index contributed by atoms with van der Waals surface area (Å²) in [6, 6.07) is 0. The normalized spacial score (nSPS) is 9.71. The van der Waals surface area contributed by atoms with E-state index in [4.69, 9.17) is 0 Å². The van der Waals surface area contributed by atoms with Crippen LogP contribution < -0.4 is 0 Å². The Morgan fingerprint density at radius 2 is 1.93 bits per heavy atom. The summed E-state index contributed by atoms with van der Waals surface area (Å²) in [4.78, 5) is 21.3. The first-order valence-electron chi connectivity index (χ1n) is 3.70. The van der Waals surface area contributed by atoms with E-state index in [1.54, 1.807) is 0 Å². The predicted octanol–water partition coefficient (Wildman–Crippen LogP) is 0.914. The van der Waals surface area contributed by atoms with Crippen molar-refractivity contribution in [3.05, 3.63) is 12.2 Å². The summed E-state index contributed by atoms with van der Waals surface area (Å²) in [6.45, 7) is 2.98. The van der Waals surface area contributed by atoms with Gasteiger partial charge in [-0.05, 0) is 6.92 Å². The minimum Gasteiger partial charge on any atom is -0.457 e. The number of esters is 2. The highest BCUT2D eigenvalue weighted by Crippen LogP contribution is 1.95. The van der Waals surface area contributed by atoms with Crippen LogP contribution in [0, 0.1) is 0 Å². The van der Waals surface area contributed by atoms with Crippen LogP contribution in [0.15, 0.2) is 12.2 Å². The molecule has 0 rings (SSSR count). The first-order chi connectivity index (χ1) is 6.43. The third-order valence-electron chi connectivity index (χ3n) is 1.04. The van der Waals surface area contributed by atoms with Gasteiger partial charge in [-0.1, -0.05) is 6.58 Å². The minimum atomic E-state index is -2.73. The van der Waals surface area contributed by atoms with Gasteiger partial charge >= 0.3 is 11.9 Å². The zero-order valence-electron chi connectivity index (χ0n) is 7.59. The molecule has 80 valence electrons. The van der Waals surface area contributed by atoms with E-state index in [1.165, 1.54) is 6.92 Å². The minimum absolute atomic E-state index is 0.117. The van der Waals surface area contributed by atoms with E-state index in [9.17, 15) is 18.4 Å². The van der Waals surface area contributed by atoms with Crippen LogP contribution in [0.25, 0.3) is 0 Å². The topological polar surface area (TPSA) is 52.6 Å². The molecule has 0 saturated heterocycles. The fourth-order valence-corrected chi connectivity index (χ4v) is 0.445. The molecule has 4 nitrogen and oxygen atoms in total. The monoisotopic (exact) mass is 208 g/mol. The first kappa shape index (κ1) is 12.5. The van der Waals surface area contributed by atoms with E-state index in [-0.39, 0.29) is 5.57 Å². The van der Waals surface area contributed by atoms with Crippen LogP contribution in [0.4, 0.5) is 8.78 Å². The maximum atomic E-state index is 11.5. The number of hydrogen-bond acceptors (Lipinski definition) is 4. The molecule has 0 aromatic heterocycles. The van der Waals surface area contributed by atoms with E-state index in [2.05, 4.69) is 16.1 Å². The maximum absolute atomic E-state index is 11.5. The van der Waals surface area contributed by atoms with Gasteiger partial charge in [0.25, 0.3) is 6.43 Å². The lowest BCUT2D eigenvalue weighted by Gasteiger charge is -2.04. The summed E-state index contributed by atoms with van der Waals surface area (Å²) in [6.07, 6.45) is -2.73. The van der Waals surface area contributed by atoms with Gasteiger partial charge in [0.05, 0.1) is 0 Å². The third-order valence-corrected chi connectivity index (χ3v) is 1.04. The number of rotatable bonds is 5. The fourth-order valence-electron chi connectivity index (χ4n) is 0.445. The van der Waals surface area contributed by atoms with Crippen molar-refractivity contribution in [1.82, 2.24) is 0 Å². The molecule has 0 spiro atoms. The second-order valence-electron chi connectivity index (χ2n) is 2.43. The molecule has 0 N–H and O–H groups in total. The highest BCUT2D eigenvalue weighted by molar-refractivity contribution is 5.88. The third kappa shape index (κ3) is 6.10. The van der Waals surface area contributed by atoms with Crippen molar-refractivity contribution >= 4 is 11.9 Å². The quantitative estimate of drug-likeness (QED) is 0.498. The second-order valence-corrected chi connectivity index (χ2v) is 2.43. The zero-order valence-corrected chi connectivity index (χ0v) is 7.59. The predicted molar refractivity (Wildman–Crippen MR) is 42.7 cm³/mol. The molecule has 0 saturated carbocycles. The Labute approximate surface area is 79.5 Å². The Morgan fingerprint density at radius 3 is 2.36 bits per heavy atom. The lowest BCUT2D eigenvalue weighted by Crippen LogP contribution is -2.19. The SMILES string of the molecule is C=C(C)C(=O)OCC(=O)OCC(F)F. The van der Waals surface area contributed by atoms with Crippen molar-refractivity contribution in [2.24, 2.45) is 0 Å². The maximum Gasteiger partial charge on any atom is 0.344 e. The van der Waals surface area contributed by atoms with Gasteiger partial charge < -0.3 is 9.47 Å². The summed E-state index contributed by atoms with van der Waals surface area (Å²) >= 11 is 0. The van der Waals surface area contributed by atoms with Crippen LogP contribution >= 0.6 is 0 Å². The van der Waals surface area contributed by atoms with Crippen LogP contribution in [0.1, 0.15) is 6.92 Å². The number of carbonyl (C=O) groups is 2. The average molecular weight is 208 g/mol. The number of alkyl halides is 2. The molecule has 0 aliphatic heterocycles. The van der Waals surface area contributed by atoms with Gasteiger partial charge in [0, 0.05) is 5.57 Å². The zero-order chi connectivity index (χ0) is 11.1. The number of halogens is 2. The van der Waals surface area contributed by atoms with Gasteiger partial charge in [0.1, 0.15) is 0 Å². The van der Waals surface area contributed by atoms with Crippen LogP contribution in [-0.4, -0.2) is 31.6 Å². The molecule has 14 heavy (non-hydrogen) atoms. The second kappa shape index (κ2) is 6.06. The summed E-state index contributed by atoms with van der Waals surface area (Å²) in [5, 5.41) is 0. The molecule has 0 aromatic rings. The smallest absolute Gasteiger partial charge is 0.344 e. The molecule has 0 aliphatic carbocycles. The Hall–Kier alpha value is -1.46. The van der Waals surface area contributed by atoms with Gasteiger partial charge in [-0.15, -0.1) is 0 Å². The molecular formula is C8H10F2O4. The van der Waals surface area contributed by atoms with Crippen molar-refractivity contribution in [2.45, 2.75) is 13.3 Å². The van der Waals surface area contributed by atoms with Gasteiger partial charge in [-0.3, -0.25) is 0 Å². The van der Waals surface area contributed by atoms with Gasteiger partial charge in [0.2, 0.25) is 0 Å². The lowest BCUT2D eigenvalue weighted by atomic mass is 10.4. The molecule has 0 amide bonds. The molecule has 0 unspecified atom stereocenters. The van der Waals surface area contributed by atoms with Crippen molar-refractivity contribution < 1.29 is 27.8 Å². The first-order valence-corrected chi connectivity index (χ1v) is 3.70. The molecule has 0 fully saturated rings. The summed E-state index contributed by atoms with van der Waals surface area (Å²) < 4.78 is 31.4. The number of hydrogen-bond donors (Lipinski definition) is 0. The van der Waals surface area contributed by atoms with Crippen molar-refractivity contribution in [3.63, 3.8) is 0 Å². The summed E-state index contributed by atoms with van der Waals surface area (Å²) in [7, 11) is 0. The Kier molecular flexibility index (Phi) is 5.43. The van der Waals surface area contributed by atoms with E-state index in [0.29, 0.717) is 0 Å². The van der Waals surface area contributed by atoms with Gasteiger partial charge in [-0.25, -0.2) is 18.4 Å². The molecular weight excluding hydrogens is 198 g/mol. The standard InChI is InChI=1S/C8H10F2O4/c1-5(2)8(12)14-4-7(11)13-3-6(9)10/h6H,1,3-4H2,2H3. The molecule has 0 aliphatic rings. The molecule has 0 atom stereocenters. The fraction of sp³-hybridized carbons (Fsp3) is 0.500. The van der Waals surface area contributed by atoms with Gasteiger partial charge in [-0.2, -0.15) is 0 Å². The van der Waals surface area contributed by atoms with Crippen molar-refractivity contribution in [1.29, 1.82) is 0 Å². The largest absolute Gasteiger partial charge is 0.457 e. The Morgan fingerprint density at radius 1 is 1.36 bits per heavy atom. The summed E-state index contributed by atoms with van der Waals surface area (Å²) in [5.74, 6) is -1.78. The van der Waals surface area contributed by atoms with Crippen molar-refractivity contribution in [3.8, 4) is 0 Å². The van der Waals surface area contributed by atoms with Crippen LogP contribution in [-0.2, 0) is 19.1 Å². The molecule has 0 radical (unpaired) electrons. The van der Waals surface area contributed by atoms with Crippen LogP contribution in [0.3, 0.4) is 0 Å². The Bertz CT molecular complexity index is 237. The van der Waals surface area contributed by atoms with E-state index < -0.39 is 31.6 Å². The number of ether oxygens (including phenoxy) is 2. The van der Waals surface area contributed by atoms with E-state index in [0.717, 1.165) is 0 Å². The number of carbonyl (C=O) groups excluding carboxylic acids is 2. The van der Waals surface area contributed by atoms with Crippen LogP contribution in [0.2, 0.25) is 0 Å². The average Bonchev–Trinajstić information content (AvgIpc) is 2.10. The molecule has 0 heterocycles. The molecule has 6 heteroatoms. The van der Waals surface area contributed by atoms with Gasteiger partial charge in [0.15, 0.2) is 13.2 Å². The summed E-state index contributed by atoms with van der Waals surface area (Å²) in [5.41, 5.74) is 0.117. The van der Waals surface area contributed by atoms with E-state index >= 15 is 0 Å². The Balaban J connectivity index is 3.64. The molecule has 0 bridgehead atoms. The van der Waals surface area contributed by atoms with Crippen LogP contribution in [0.5, 0.6) is 0 Å². The molecule has 0 aromatic carbocycles. The van der Waals surface area contributed by atoms with E-state index in [1.807, 2.05) is 0 Å². The lowest BCUT2D eigenvalue weighted by molar-refractivity contribution is -0.159. The highest BCUT2D eigenvalue weighted by Gasteiger charge is 2.11.